The summed E-state index contributed by atoms with van der Waals surface area (Å²) in [5.41, 5.74) is 0.759. The highest BCUT2D eigenvalue weighted by atomic mass is 14.5. The van der Waals surface area contributed by atoms with Crippen LogP contribution >= 0.6 is 0 Å². The number of hydrogen-bond donors (Lipinski definition) is 0. The summed E-state index contributed by atoms with van der Waals surface area (Å²) >= 11 is 0. The van der Waals surface area contributed by atoms with Crippen LogP contribution in [-0.4, -0.2) is 0 Å². The number of hydrogen-bond acceptors (Lipinski definition) is 0. The maximum Gasteiger partial charge on any atom is -0.0171 e. The molecule has 0 heteroatoms. The summed E-state index contributed by atoms with van der Waals surface area (Å²) in [6.45, 7) is 2.47. The average molecular weight is 190 g/mol. The van der Waals surface area contributed by atoms with Crippen LogP contribution in [0.25, 0.3) is 0 Å². The second-order valence-corrected chi connectivity index (χ2v) is 6.11. The van der Waals surface area contributed by atoms with Gasteiger partial charge < -0.3 is 0 Å². The van der Waals surface area contributed by atoms with E-state index in [2.05, 4.69) is 19.1 Å². The van der Waals surface area contributed by atoms with Crippen molar-refractivity contribution in [2.24, 2.45) is 23.2 Å². The minimum absolute atomic E-state index is 0.759. The van der Waals surface area contributed by atoms with Crippen LogP contribution in [0.3, 0.4) is 0 Å². The Labute approximate surface area is 87.8 Å². The summed E-state index contributed by atoms with van der Waals surface area (Å²) in [7, 11) is 0. The molecule has 0 aromatic rings. The molecule has 2 bridgehead atoms. The van der Waals surface area contributed by atoms with Crippen molar-refractivity contribution in [1.29, 1.82) is 0 Å². The van der Waals surface area contributed by atoms with Gasteiger partial charge in [-0.25, -0.2) is 0 Å². The number of fused-ring (bicyclic) bond motifs is 3. The van der Waals surface area contributed by atoms with E-state index in [-0.39, 0.29) is 0 Å². The topological polar surface area (TPSA) is 0 Å². The highest BCUT2D eigenvalue weighted by Gasteiger charge is 2.48. The van der Waals surface area contributed by atoms with Crippen LogP contribution in [0.4, 0.5) is 0 Å². The van der Waals surface area contributed by atoms with Crippen molar-refractivity contribution in [3.05, 3.63) is 12.2 Å². The number of rotatable bonds is 0. The van der Waals surface area contributed by atoms with Gasteiger partial charge in [0.05, 0.1) is 0 Å². The van der Waals surface area contributed by atoms with E-state index in [9.17, 15) is 0 Å². The molecule has 4 unspecified atom stereocenters. The minimum atomic E-state index is 0.759. The molecule has 1 spiro atoms. The fourth-order valence-electron chi connectivity index (χ4n) is 4.44. The first kappa shape index (κ1) is 9.00. The van der Waals surface area contributed by atoms with Gasteiger partial charge in [-0.2, -0.15) is 0 Å². The Morgan fingerprint density at radius 3 is 2.79 bits per heavy atom. The lowest BCUT2D eigenvalue weighted by Crippen LogP contribution is -2.26. The Morgan fingerprint density at radius 1 is 1.14 bits per heavy atom. The van der Waals surface area contributed by atoms with Crippen molar-refractivity contribution in [1.82, 2.24) is 0 Å². The molecule has 0 aromatic heterocycles. The van der Waals surface area contributed by atoms with Crippen LogP contribution in [-0.2, 0) is 0 Å². The van der Waals surface area contributed by atoms with Crippen LogP contribution in [0, 0.1) is 23.2 Å². The zero-order valence-corrected chi connectivity index (χ0v) is 9.34. The second-order valence-electron chi connectivity index (χ2n) is 6.11. The predicted octanol–water partition coefficient (Wildman–Crippen LogP) is 4.17. The normalized spacial score (nSPS) is 51.4. The molecular formula is C14H22. The zero-order valence-electron chi connectivity index (χ0n) is 9.34. The summed E-state index contributed by atoms with van der Waals surface area (Å²) in [4.78, 5) is 0. The van der Waals surface area contributed by atoms with Crippen LogP contribution in [0.1, 0.15) is 51.9 Å². The molecule has 0 saturated heterocycles. The zero-order chi connectivity index (χ0) is 9.60. The largest absolute Gasteiger partial charge is 0.0851 e. The molecule has 3 aliphatic carbocycles. The van der Waals surface area contributed by atoms with Gasteiger partial charge in [-0.1, -0.05) is 38.3 Å². The van der Waals surface area contributed by atoms with Gasteiger partial charge in [-0.15, -0.1) is 0 Å². The highest BCUT2D eigenvalue weighted by molar-refractivity contribution is 5.15. The van der Waals surface area contributed by atoms with Crippen molar-refractivity contribution >= 4 is 0 Å². The van der Waals surface area contributed by atoms with Crippen LogP contribution in [0.5, 0.6) is 0 Å². The first-order chi connectivity index (χ1) is 6.78. The summed E-state index contributed by atoms with van der Waals surface area (Å²) in [5.74, 6) is 2.92. The molecule has 0 aromatic carbocycles. The van der Waals surface area contributed by atoms with E-state index >= 15 is 0 Å². The SMILES string of the molecule is CC1CCCCC2(C1)CC1C=CC2C1. The van der Waals surface area contributed by atoms with Gasteiger partial charge in [0.1, 0.15) is 0 Å². The fourth-order valence-corrected chi connectivity index (χ4v) is 4.44. The molecule has 0 amide bonds. The Kier molecular flexibility index (Phi) is 2.00. The van der Waals surface area contributed by atoms with E-state index in [1.165, 1.54) is 44.9 Å². The van der Waals surface area contributed by atoms with Gasteiger partial charge in [0, 0.05) is 0 Å². The molecule has 0 aliphatic heterocycles. The van der Waals surface area contributed by atoms with E-state index < -0.39 is 0 Å². The molecule has 3 rings (SSSR count). The summed E-state index contributed by atoms with van der Waals surface area (Å²) in [6.07, 6.45) is 15.6. The number of allylic oxidation sites excluding steroid dienone is 2. The molecule has 4 atom stereocenters. The smallest absolute Gasteiger partial charge is 0.0171 e. The molecular weight excluding hydrogens is 168 g/mol. The van der Waals surface area contributed by atoms with E-state index in [0.717, 1.165) is 23.2 Å². The molecule has 0 nitrogen and oxygen atoms in total. The molecule has 0 radical (unpaired) electrons. The molecule has 2 saturated carbocycles. The van der Waals surface area contributed by atoms with Crippen molar-refractivity contribution in [2.75, 3.05) is 0 Å². The van der Waals surface area contributed by atoms with Crippen molar-refractivity contribution in [3.8, 4) is 0 Å². The molecule has 0 heterocycles. The summed E-state index contributed by atoms with van der Waals surface area (Å²) < 4.78 is 0. The lowest BCUT2D eigenvalue weighted by molar-refractivity contribution is 0.171. The first-order valence-corrected chi connectivity index (χ1v) is 6.47. The monoisotopic (exact) mass is 190 g/mol. The molecule has 2 fully saturated rings. The van der Waals surface area contributed by atoms with Gasteiger partial charge in [0.25, 0.3) is 0 Å². The van der Waals surface area contributed by atoms with Crippen molar-refractivity contribution < 1.29 is 0 Å². The van der Waals surface area contributed by atoms with Crippen molar-refractivity contribution in [2.45, 2.75) is 51.9 Å². The predicted molar refractivity (Wildman–Crippen MR) is 60.0 cm³/mol. The first-order valence-electron chi connectivity index (χ1n) is 6.47. The van der Waals surface area contributed by atoms with Gasteiger partial charge in [0.15, 0.2) is 0 Å². The Bertz CT molecular complexity index is 253. The maximum absolute atomic E-state index is 2.55. The molecule has 78 valence electrons. The highest BCUT2D eigenvalue weighted by Crippen LogP contribution is 2.58. The second kappa shape index (κ2) is 3.12. The van der Waals surface area contributed by atoms with Crippen LogP contribution in [0.2, 0.25) is 0 Å². The van der Waals surface area contributed by atoms with E-state index in [0.29, 0.717) is 0 Å². The standard InChI is InChI=1S/C14H22/c1-11-4-2-3-7-14(9-11)10-12-5-6-13(14)8-12/h5-6,11-13H,2-4,7-10H2,1H3. The van der Waals surface area contributed by atoms with Crippen LogP contribution in [0.15, 0.2) is 12.2 Å². The Balaban J connectivity index is 1.84. The summed E-state index contributed by atoms with van der Waals surface area (Å²) in [5, 5.41) is 0. The summed E-state index contributed by atoms with van der Waals surface area (Å²) in [6, 6.07) is 0. The third-order valence-corrected chi connectivity index (χ3v) is 5.00. The van der Waals surface area contributed by atoms with Gasteiger partial charge in [0.2, 0.25) is 0 Å². The van der Waals surface area contributed by atoms with Crippen molar-refractivity contribution in [3.63, 3.8) is 0 Å². The average Bonchev–Trinajstić information content (AvgIpc) is 2.67. The van der Waals surface area contributed by atoms with E-state index in [1.54, 1.807) is 0 Å². The third-order valence-electron chi connectivity index (χ3n) is 5.00. The molecule has 0 N–H and O–H groups in total. The Hall–Kier alpha value is -0.260. The lowest BCUT2D eigenvalue weighted by atomic mass is 9.69. The van der Waals surface area contributed by atoms with E-state index in [4.69, 9.17) is 0 Å². The quantitative estimate of drug-likeness (QED) is 0.503. The molecule has 3 aliphatic rings. The lowest BCUT2D eigenvalue weighted by Gasteiger charge is -2.36. The molecule has 14 heavy (non-hydrogen) atoms. The third kappa shape index (κ3) is 1.26. The van der Waals surface area contributed by atoms with Gasteiger partial charge in [-0.3, -0.25) is 0 Å². The van der Waals surface area contributed by atoms with Gasteiger partial charge >= 0.3 is 0 Å². The Morgan fingerprint density at radius 2 is 2.07 bits per heavy atom. The fraction of sp³-hybridized carbons (Fsp3) is 0.857. The van der Waals surface area contributed by atoms with Crippen LogP contribution < -0.4 is 0 Å². The minimum Gasteiger partial charge on any atom is -0.0851 e. The van der Waals surface area contributed by atoms with E-state index in [1.807, 2.05) is 0 Å². The van der Waals surface area contributed by atoms with Gasteiger partial charge in [-0.05, 0) is 48.9 Å². The maximum atomic E-state index is 2.55.